The van der Waals surface area contributed by atoms with Crippen LogP contribution in [0.2, 0.25) is 0 Å². The smallest absolute Gasteiger partial charge is 0.249 e. The van der Waals surface area contributed by atoms with Crippen LogP contribution in [-0.4, -0.2) is 66.7 Å². The number of amides is 2. The van der Waals surface area contributed by atoms with Crippen molar-refractivity contribution in [3.05, 3.63) is 45.2 Å². The molecule has 0 bridgehead atoms. The summed E-state index contributed by atoms with van der Waals surface area (Å²) in [6, 6.07) is 1.76. The van der Waals surface area contributed by atoms with Crippen LogP contribution in [0.25, 0.3) is 0 Å². The number of piperidine rings is 1. The monoisotopic (exact) mass is 552 g/mol. The van der Waals surface area contributed by atoms with Gasteiger partial charge in [0.2, 0.25) is 11.8 Å². The number of carbonyl (C=O) groups is 2. The van der Waals surface area contributed by atoms with Gasteiger partial charge in [0.25, 0.3) is 0 Å². The Bertz CT molecular complexity index is 1050. The van der Waals surface area contributed by atoms with Gasteiger partial charge < -0.3 is 25.7 Å². The first-order valence-corrected chi connectivity index (χ1v) is 11.9. The van der Waals surface area contributed by atoms with Gasteiger partial charge in [0.15, 0.2) is 0 Å². The lowest BCUT2D eigenvalue weighted by molar-refractivity contribution is -0.118. The maximum absolute atomic E-state index is 12.9. The summed E-state index contributed by atoms with van der Waals surface area (Å²) in [5.74, 6) is -0.0737. The summed E-state index contributed by atoms with van der Waals surface area (Å²) < 4.78 is 0.817. The summed E-state index contributed by atoms with van der Waals surface area (Å²) in [7, 11) is 1.57. The van der Waals surface area contributed by atoms with Crippen molar-refractivity contribution < 1.29 is 14.4 Å². The Labute approximate surface area is 214 Å². The molecule has 4 rings (SSSR count). The van der Waals surface area contributed by atoms with Crippen molar-refractivity contribution in [1.29, 1.82) is 0 Å². The molecule has 34 heavy (non-hydrogen) atoms. The van der Waals surface area contributed by atoms with Gasteiger partial charge in [-0.1, -0.05) is 5.16 Å². The minimum atomic E-state index is -0.456. The molecule has 0 spiro atoms. The highest BCUT2D eigenvalue weighted by molar-refractivity contribution is 9.10. The first kappa shape index (κ1) is 26.2. The first-order valence-electron chi connectivity index (χ1n) is 11.1. The van der Waals surface area contributed by atoms with Crippen LogP contribution in [0.3, 0.4) is 0 Å². The van der Waals surface area contributed by atoms with Crippen LogP contribution in [0.1, 0.15) is 38.2 Å². The average molecular weight is 554 g/mol. The zero-order chi connectivity index (χ0) is 23.5. The van der Waals surface area contributed by atoms with Crippen molar-refractivity contribution in [3.63, 3.8) is 0 Å². The highest BCUT2D eigenvalue weighted by Crippen LogP contribution is 2.36. The van der Waals surface area contributed by atoms with Crippen LogP contribution in [0, 0.1) is 0 Å². The normalized spacial score (nSPS) is 23.2. The fraction of sp³-hybridized carbons (Fsp3) is 0.478. The predicted molar refractivity (Wildman–Crippen MR) is 137 cm³/mol. The van der Waals surface area contributed by atoms with Gasteiger partial charge in [0, 0.05) is 66.5 Å². The topological polar surface area (TPSA) is 108 Å². The number of carbonyl (C=O) groups excluding carboxylic acids is 2. The molecule has 2 amide bonds. The van der Waals surface area contributed by atoms with E-state index in [1.54, 1.807) is 13.3 Å². The van der Waals surface area contributed by atoms with Crippen molar-refractivity contribution in [3.8, 4) is 0 Å². The number of rotatable bonds is 6. The Morgan fingerprint density at radius 2 is 2.15 bits per heavy atom. The largest absolute Gasteiger partial charge is 0.399 e. The molecule has 1 aromatic heterocycles. The summed E-state index contributed by atoms with van der Waals surface area (Å²) in [5.41, 5.74) is 4.29. The lowest BCUT2D eigenvalue weighted by atomic mass is 9.99. The van der Waals surface area contributed by atoms with Crippen molar-refractivity contribution in [2.45, 2.75) is 38.6 Å². The number of hydrogen-bond donors (Lipinski definition) is 3. The molecule has 0 aromatic carbocycles. The Morgan fingerprint density at radius 3 is 2.85 bits per heavy atom. The third-order valence-electron chi connectivity index (χ3n) is 6.30. The van der Waals surface area contributed by atoms with Gasteiger partial charge in [-0.2, -0.15) is 0 Å². The number of pyridine rings is 1. The number of fused-ring (bicyclic) bond motifs is 1. The second kappa shape index (κ2) is 11.3. The molecule has 1 fully saturated rings. The molecule has 3 N–H and O–H groups in total. The van der Waals surface area contributed by atoms with E-state index in [1.807, 2.05) is 26.0 Å². The van der Waals surface area contributed by atoms with E-state index < -0.39 is 5.92 Å². The maximum Gasteiger partial charge on any atom is 0.249 e. The van der Waals surface area contributed by atoms with Crippen molar-refractivity contribution in [2.24, 2.45) is 5.16 Å². The highest BCUT2D eigenvalue weighted by atomic mass is 79.9. The molecule has 0 radical (unpaired) electrons. The van der Waals surface area contributed by atoms with Gasteiger partial charge >= 0.3 is 0 Å². The van der Waals surface area contributed by atoms with E-state index in [0.717, 1.165) is 59.5 Å². The summed E-state index contributed by atoms with van der Waals surface area (Å²) in [6.45, 7) is 7.09. The third-order valence-corrected chi connectivity index (χ3v) is 6.73. The molecule has 2 unspecified atom stereocenters. The van der Waals surface area contributed by atoms with Gasteiger partial charge in [0.05, 0.1) is 17.7 Å². The van der Waals surface area contributed by atoms with Gasteiger partial charge in [-0.15, -0.1) is 12.4 Å². The number of nitrogens with zero attached hydrogens (tertiary/aromatic N) is 3. The summed E-state index contributed by atoms with van der Waals surface area (Å²) in [5, 5.41) is 13.3. The SMILES string of the molecule is CON=C1CCN(CCNC(=O)C2=C(C)/C(=C/C3C(=O)Nc4ncc(Br)cc43)NC2C)CC1.Cl. The van der Waals surface area contributed by atoms with Gasteiger partial charge in [-0.25, -0.2) is 4.98 Å². The van der Waals surface area contributed by atoms with E-state index in [1.165, 1.54) is 0 Å². The fourth-order valence-electron chi connectivity index (χ4n) is 4.57. The van der Waals surface area contributed by atoms with E-state index in [2.05, 4.69) is 46.9 Å². The molecule has 3 aliphatic rings. The number of allylic oxidation sites excluding steroid dienone is 1. The van der Waals surface area contributed by atoms with E-state index in [9.17, 15) is 9.59 Å². The van der Waals surface area contributed by atoms with E-state index in [0.29, 0.717) is 17.9 Å². The van der Waals surface area contributed by atoms with Crippen LogP contribution >= 0.6 is 28.3 Å². The highest BCUT2D eigenvalue weighted by Gasteiger charge is 2.34. The van der Waals surface area contributed by atoms with Crippen LogP contribution in [-0.2, 0) is 14.4 Å². The van der Waals surface area contributed by atoms with Crippen molar-refractivity contribution in [1.82, 2.24) is 20.5 Å². The Balaban J connectivity index is 0.00000324. The van der Waals surface area contributed by atoms with Crippen LogP contribution in [0.15, 0.2) is 44.8 Å². The second-order valence-corrected chi connectivity index (χ2v) is 9.40. The Hall–Kier alpha value is -2.43. The van der Waals surface area contributed by atoms with Crippen LogP contribution in [0.4, 0.5) is 5.82 Å². The molecule has 1 saturated heterocycles. The van der Waals surface area contributed by atoms with Crippen molar-refractivity contribution >= 4 is 51.7 Å². The molecule has 0 saturated carbocycles. The molecule has 3 aliphatic heterocycles. The number of nitrogens with one attached hydrogen (secondary N) is 3. The number of oxime groups is 1. The van der Waals surface area contributed by atoms with Gasteiger partial charge in [-0.3, -0.25) is 9.59 Å². The zero-order valence-corrected chi connectivity index (χ0v) is 21.9. The fourth-order valence-corrected chi connectivity index (χ4v) is 4.91. The van der Waals surface area contributed by atoms with Crippen LogP contribution < -0.4 is 16.0 Å². The number of aromatic nitrogens is 1. The number of hydrogen-bond acceptors (Lipinski definition) is 7. The lowest BCUT2D eigenvalue weighted by Crippen LogP contribution is -2.41. The van der Waals surface area contributed by atoms with Crippen molar-refractivity contribution in [2.75, 3.05) is 38.6 Å². The minimum absolute atomic E-state index is 0. The molecule has 9 nitrogen and oxygen atoms in total. The molecule has 0 aliphatic carbocycles. The first-order chi connectivity index (χ1) is 15.9. The average Bonchev–Trinajstić information content (AvgIpc) is 3.24. The second-order valence-electron chi connectivity index (χ2n) is 8.48. The Morgan fingerprint density at radius 1 is 1.41 bits per heavy atom. The quantitative estimate of drug-likeness (QED) is 0.468. The maximum atomic E-state index is 12.9. The summed E-state index contributed by atoms with van der Waals surface area (Å²) >= 11 is 3.42. The number of anilines is 1. The minimum Gasteiger partial charge on any atom is -0.399 e. The zero-order valence-electron chi connectivity index (χ0n) is 19.5. The summed E-state index contributed by atoms with van der Waals surface area (Å²) in [6.07, 6.45) is 5.33. The standard InChI is InChI=1S/C23H29BrN6O3.ClH/c1-13-19(11-18-17-10-15(24)12-26-21(17)28-22(18)31)27-14(2)20(13)23(32)25-6-9-30-7-4-16(5-8-30)29-33-3;/h10-12,14,18,27H,4-9H2,1-3H3,(H,25,32)(H,26,28,31);1H/b19-11-;. The molecule has 1 aromatic rings. The molecule has 11 heteroatoms. The molecule has 184 valence electrons. The molecular formula is C23H30BrClN6O3. The van der Waals surface area contributed by atoms with E-state index in [4.69, 9.17) is 4.84 Å². The van der Waals surface area contributed by atoms with Gasteiger partial charge in [0.1, 0.15) is 12.9 Å². The number of halogens is 2. The number of likely N-dealkylation sites (tertiary alicyclic amines) is 1. The molecule has 2 atom stereocenters. The van der Waals surface area contributed by atoms with E-state index >= 15 is 0 Å². The van der Waals surface area contributed by atoms with Crippen LogP contribution in [0.5, 0.6) is 0 Å². The lowest BCUT2D eigenvalue weighted by Gasteiger charge is -2.27. The summed E-state index contributed by atoms with van der Waals surface area (Å²) in [4.78, 5) is 36.9. The third kappa shape index (κ3) is 5.61. The van der Waals surface area contributed by atoms with E-state index in [-0.39, 0.29) is 30.3 Å². The Kier molecular flexibility index (Phi) is 8.72. The predicted octanol–water partition coefficient (Wildman–Crippen LogP) is 2.71. The molecule has 4 heterocycles. The van der Waals surface area contributed by atoms with Gasteiger partial charge in [-0.05, 0) is 47.5 Å². The molecular weight excluding hydrogens is 524 g/mol.